The van der Waals surface area contributed by atoms with Crippen LogP contribution in [0.5, 0.6) is 0 Å². The highest BCUT2D eigenvalue weighted by Gasteiger charge is 2.60. The lowest BCUT2D eigenvalue weighted by Crippen LogP contribution is -2.51. The van der Waals surface area contributed by atoms with E-state index in [2.05, 4.69) is 4.84 Å². The van der Waals surface area contributed by atoms with Gasteiger partial charge in [-0.05, 0) is 6.92 Å². The Balaban J connectivity index is 3.23. The van der Waals surface area contributed by atoms with Crippen molar-refractivity contribution in [1.82, 2.24) is 5.32 Å². The van der Waals surface area contributed by atoms with Crippen LogP contribution in [0.15, 0.2) is 11.3 Å². The van der Waals surface area contributed by atoms with Crippen LogP contribution in [0.4, 0.5) is 13.2 Å². The minimum Gasteiger partial charge on any atom is -0.412 e. The lowest BCUT2D eigenvalue weighted by Gasteiger charge is -2.28. The molecule has 80 valence electrons. The molecule has 0 fully saturated rings. The van der Waals surface area contributed by atoms with Crippen LogP contribution in [0.2, 0.25) is 0 Å². The molecule has 3 N–H and O–H groups in total. The molecule has 0 bridgehead atoms. The second-order valence-electron chi connectivity index (χ2n) is 2.83. The minimum atomic E-state index is -4.68. The number of carbonyl (C=O) groups is 1. The number of hydrogen-bond donors (Lipinski definition) is 2. The van der Waals surface area contributed by atoms with Gasteiger partial charge in [-0.2, -0.15) is 19.1 Å². The number of hydrogen-bond acceptors (Lipinski definition) is 3. The Morgan fingerprint density at radius 1 is 1.57 bits per heavy atom. The SMILES string of the molecule is CC1=C(ON)C(P)(C(F)(F)F)NC1=O. The van der Waals surface area contributed by atoms with Gasteiger partial charge >= 0.3 is 6.18 Å². The summed E-state index contributed by atoms with van der Waals surface area (Å²) in [4.78, 5) is 15.1. The highest BCUT2D eigenvalue weighted by molar-refractivity contribution is 7.19. The first kappa shape index (κ1) is 11.3. The summed E-state index contributed by atoms with van der Waals surface area (Å²) in [6.45, 7) is 1.20. The van der Waals surface area contributed by atoms with Crippen molar-refractivity contribution in [2.45, 2.75) is 18.4 Å². The lowest BCUT2D eigenvalue weighted by atomic mass is 10.2. The Hall–Kier alpha value is -0.810. The summed E-state index contributed by atoms with van der Waals surface area (Å²) in [6, 6.07) is 0. The number of nitrogens with two attached hydrogens (primary N) is 1. The van der Waals surface area contributed by atoms with Gasteiger partial charge in [0.1, 0.15) is 0 Å². The van der Waals surface area contributed by atoms with E-state index < -0.39 is 23.1 Å². The van der Waals surface area contributed by atoms with Crippen molar-refractivity contribution < 1.29 is 22.8 Å². The summed E-state index contributed by atoms with van der Waals surface area (Å²) >= 11 is 0. The molecule has 0 saturated heterocycles. The number of halogens is 3. The topological polar surface area (TPSA) is 64.3 Å². The van der Waals surface area contributed by atoms with Gasteiger partial charge in [0, 0.05) is 0 Å². The second kappa shape index (κ2) is 3.10. The molecule has 4 nitrogen and oxygen atoms in total. The van der Waals surface area contributed by atoms with E-state index in [1.54, 1.807) is 5.32 Å². The van der Waals surface area contributed by atoms with Gasteiger partial charge in [-0.25, -0.2) is 0 Å². The molecular weight excluding hydrogens is 220 g/mol. The van der Waals surface area contributed by atoms with Crippen molar-refractivity contribution in [1.29, 1.82) is 0 Å². The maximum Gasteiger partial charge on any atom is 0.422 e. The molecule has 2 atom stereocenters. The molecule has 1 heterocycles. The molecule has 1 aliphatic heterocycles. The summed E-state index contributed by atoms with van der Waals surface area (Å²) in [7, 11) is 1.49. The zero-order valence-electron chi connectivity index (χ0n) is 7.11. The predicted molar refractivity (Wildman–Crippen MR) is 44.6 cm³/mol. The quantitative estimate of drug-likeness (QED) is 0.504. The van der Waals surface area contributed by atoms with E-state index in [0.717, 1.165) is 0 Å². The van der Waals surface area contributed by atoms with E-state index in [-0.39, 0.29) is 5.57 Å². The number of rotatable bonds is 1. The predicted octanol–water partition coefficient (Wildman–Crippen LogP) is 0.414. The van der Waals surface area contributed by atoms with Crippen molar-refractivity contribution in [3.05, 3.63) is 11.3 Å². The molecule has 1 aliphatic rings. The minimum absolute atomic E-state index is 0.181. The number of alkyl halides is 3. The molecule has 2 unspecified atom stereocenters. The maximum absolute atomic E-state index is 12.5. The fourth-order valence-corrected chi connectivity index (χ4v) is 1.53. The van der Waals surface area contributed by atoms with Gasteiger partial charge in [0.05, 0.1) is 5.57 Å². The van der Waals surface area contributed by atoms with E-state index in [1.165, 1.54) is 16.2 Å². The van der Waals surface area contributed by atoms with Gasteiger partial charge < -0.3 is 10.2 Å². The normalized spacial score (nSPS) is 28.0. The monoisotopic (exact) mass is 228 g/mol. The molecule has 0 aliphatic carbocycles. The lowest BCUT2D eigenvalue weighted by molar-refractivity contribution is -0.167. The summed E-state index contributed by atoms with van der Waals surface area (Å²) in [5.41, 5.74) is -0.181. The van der Waals surface area contributed by atoms with Crippen LogP contribution in [0.1, 0.15) is 6.92 Å². The van der Waals surface area contributed by atoms with Crippen LogP contribution in [0.3, 0.4) is 0 Å². The number of nitrogens with one attached hydrogen (secondary N) is 1. The molecule has 14 heavy (non-hydrogen) atoms. The Kier molecular flexibility index (Phi) is 2.49. The van der Waals surface area contributed by atoms with Gasteiger partial charge in [-0.1, -0.05) is 9.24 Å². The van der Waals surface area contributed by atoms with Crippen LogP contribution in [-0.4, -0.2) is 17.4 Å². The zero-order chi connectivity index (χ0) is 11.1. The standard InChI is InChI=1S/C6H8F3N2O2P/c1-2-3(13-10)5(14,6(7,8)9)11-4(2)12/h10,14H2,1H3,(H,11,12). The molecule has 0 aromatic heterocycles. The van der Waals surface area contributed by atoms with Crippen LogP contribution < -0.4 is 11.2 Å². The van der Waals surface area contributed by atoms with Gasteiger partial charge in [-0.3, -0.25) is 4.79 Å². The molecule has 1 rings (SSSR count). The van der Waals surface area contributed by atoms with Gasteiger partial charge in [0.25, 0.3) is 5.91 Å². The van der Waals surface area contributed by atoms with Gasteiger partial charge in [0.15, 0.2) is 5.76 Å². The first-order valence-electron chi connectivity index (χ1n) is 3.50. The number of amides is 1. The fourth-order valence-electron chi connectivity index (χ4n) is 1.11. The summed E-state index contributed by atoms with van der Waals surface area (Å²) in [6.07, 6.45) is -4.68. The molecular formula is C6H8F3N2O2P. The Morgan fingerprint density at radius 2 is 2.07 bits per heavy atom. The second-order valence-corrected chi connectivity index (χ2v) is 3.70. The van der Waals surface area contributed by atoms with E-state index in [4.69, 9.17) is 5.90 Å². The van der Waals surface area contributed by atoms with Crippen molar-refractivity contribution >= 4 is 15.1 Å². The van der Waals surface area contributed by atoms with E-state index >= 15 is 0 Å². The molecule has 0 radical (unpaired) electrons. The van der Waals surface area contributed by atoms with Crippen molar-refractivity contribution in [2.24, 2.45) is 5.90 Å². The Labute approximate surface area is 79.8 Å². The molecule has 0 aromatic carbocycles. The van der Waals surface area contributed by atoms with E-state index in [9.17, 15) is 18.0 Å². The van der Waals surface area contributed by atoms with Crippen LogP contribution in [0, 0.1) is 0 Å². The van der Waals surface area contributed by atoms with Crippen LogP contribution in [-0.2, 0) is 9.63 Å². The van der Waals surface area contributed by atoms with Crippen LogP contribution >= 0.6 is 9.24 Å². The first-order valence-corrected chi connectivity index (χ1v) is 4.08. The van der Waals surface area contributed by atoms with E-state index in [0.29, 0.717) is 0 Å². The maximum atomic E-state index is 12.5. The van der Waals surface area contributed by atoms with E-state index in [1.807, 2.05) is 0 Å². The zero-order valence-corrected chi connectivity index (χ0v) is 8.26. The third-order valence-electron chi connectivity index (χ3n) is 1.92. The summed E-state index contributed by atoms with van der Waals surface area (Å²) in [5.74, 6) is 3.22. The largest absolute Gasteiger partial charge is 0.422 e. The van der Waals surface area contributed by atoms with Crippen molar-refractivity contribution in [3.63, 3.8) is 0 Å². The third kappa shape index (κ3) is 1.36. The first-order chi connectivity index (χ1) is 6.24. The Morgan fingerprint density at radius 3 is 2.36 bits per heavy atom. The Bertz CT molecular complexity index is 315. The summed E-state index contributed by atoms with van der Waals surface area (Å²) < 4.78 is 37.6. The average Bonchev–Trinajstić information content (AvgIpc) is 2.23. The summed E-state index contributed by atoms with van der Waals surface area (Å²) in [5, 5.41) is -0.867. The highest BCUT2D eigenvalue weighted by atomic mass is 31.0. The third-order valence-corrected chi connectivity index (χ3v) is 2.65. The van der Waals surface area contributed by atoms with Crippen molar-refractivity contribution in [3.8, 4) is 0 Å². The average molecular weight is 228 g/mol. The highest BCUT2D eigenvalue weighted by Crippen LogP contribution is 2.45. The molecule has 8 heteroatoms. The number of carbonyl (C=O) groups excluding carboxylic acids is 1. The molecule has 0 spiro atoms. The smallest absolute Gasteiger partial charge is 0.412 e. The fraction of sp³-hybridized carbons (Fsp3) is 0.500. The molecule has 0 saturated carbocycles. The molecule has 0 aromatic rings. The van der Waals surface area contributed by atoms with Crippen molar-refractivity contribution in [2.75, 3.05) is 0 Å². The van der Waals surface area contributed by atoms with Crippen LogP contribution in [0.25, 0.3) is 0 Å². The van der Waals surface area contributed by atoms with Gasteiger partial charge in [0.2, 0.25) is 5.28 Å². The molecule has 1 amide bonds. The van der Waals surface area contributed by atoms with Gasteiger partial charge in [-0.15, -0.1) is 0 Å².